The molecule has 2 aliphatic carbocycles. The van der Waals surface area contributed by atoms with E-state index in [2.05, 4.69) is 122 Å². The van der Waals surface area contributed by atoms with E-state index in [9.17, 15) is 29.4 Å². The van der Waals surface area contributed by atoms with E-state index in [0.29, 0.717) is 87.2 Å². The highest BCUT2D eigenvalue weighted by Gasteiger charge is 2.63. The maximum Gasteiger partial charge on any atom is 0.494 e. The number of halogens is 4. The van der Waals surface area contributed by atoms with Crippen LogP contribution in [0.1, 0.15) is 158 Å². The Morgan fingerprint density at radius 2 is 0.890 bits per heavy atom. The predicted molar refractivity (Wildman–Crippen MR) is 449 cm³/mol. The van der Waals surface area contributed by atoms with Crippen LogP contribution in [0.25, 0.3) is 67.4 Å². The second-order valence-corrected chi connectivity index (χ2v) is 35.8. The first-order valence-corrected chi connectivity index (χ1v) is 39.8. The summed E-state index contributed by atoms with van der Waals surface area (Å²) in [5.74, 6) is 10.3. The van der Waals surface area contributed by atoms with Gasteiger partial charge in [-0.1, -0.05) is 213 Å². The zero-order valence-corrected chi connectivity index (χ0v) is 68.9. The van der Waals surface area contributed by atoms with Gasteiger partial charge in [-0.15, -0.1) is 23.7 Å². The number of nitrogens with zero attached hydrogens (tertiary/aromatic N) is 12. The number of rotatable bonds is 10. The Morgan fingerprint density at radius 1 is 0.514 bits per heavy atom. The number of amides is 4. The van der Waals surface area contributed by atoms with Crippen LogP contribution in [-0.4, -0.2) is 129 Å². The van der Waals surface area contributed by atoms with Gasteiger partial charge in [0.15, 0.2) is 27.7 Å². The summed E-state index contributed by atoms with van der Waals surface area (Å²) >= 11 is 13.3. The summed E-state index contributed by atoms with van der Waals surface area (Å²) < 4.78 is 17.5. The van der Waals surface area contributed by atoms with Gasteiger partial charge in [-0.05, 0) is 110 Å². The molecule has 3 fully saturated rings. The molecule has 3 aliphatic heterocycles. The molecule has 9 heterocycles. The van der Waals surface area contributed by atoms with Gasteiger partial charge < -0.3 is 19.5 Å². The molecule has 20 nitrogen and oxygen atoms in total. The van der Waals surface area contributed by atoms with E-state index in [-0.39, 0.29) is 36.5 Å². The molecule has 0 bridgehead atoms. The third-order valence-electron chi connectivity index (χ3n) is 20.2. The highest BCUT2D eigenvalue weighted by atomic mass is 127. The topological polar surface area (TPSA) is 246 Å². The van der Waals surface area contributed by atoms with Crippen LogP contribution in [0.15, 0.2) is 182 Å². The van der Waals surface area contributed by atoms with E-state index >= 15 is 0 Å². The Hall–Kier alpha value is -8.98. The molecule has 2 saturated carbocycles. The largest absolute Gasteiger partial charge is 0.494 e. The third-order valence-corrected chi connectivity index (χ3v) is 21.8. The van der Waals surface area contributed by atoms with Gasteiger partial charge >= 0.3 is 7.12 Å². The number of aliphatic hydroxyl groups is 2. The first-order chi connectivity index (χ1) is 52.0. The first kappa shape index (κ1) is 78.2. The Labute approximate surface area is 678 Å². The second-order valence-electron chi connectivity index (χ2n) is 29.0. The van der Waals surface area contributed by atoms with Gasteiger partial charge in [-0.25, -0.2) is 29.9 Å². The van der Waals surface area contributed by atoms with Crippen LogP contribution in [0, 0.1) is 37.5 Å². The Bertz CT molecular complexity index is 5560. The summed E-state index contributed by atoms with van der Waals surface area (Å²) in [6.07, 6.45) is 6.55. The van der Waals surface area contributed by atoms with Crippen LogP contribution in [0.3, 0.4) is 0 Å². The number of aryl methyl sites for hydroxylation is 2. The summed E-state index contributed by atoms with van der Waals surface area (Å²) in [6.45, 7) is 19.1. The fraction of sp³-hybridized carbons (Fsp3) is 0.286. The van der Waals surface area contributed by atoms with E-state index in [0.717, 1.165) is 67.6 Å². The molecule has 0 unspecified atom stereocenters. The normalized spacial score (nSPS) is 20.4. The smallest absolute Gasteiger partial charge is 0.399 e. The van der Waals surface area contributed by atoms with Gasteiger partial charge in [0.1, 0.15) is 16.7 Å². The fourth-order valence-corrected chi connectivity index (χ4v) is 15.6. The lowest BCUT2D eigenvalue weighted by Crippen LogP contribution is -2.63. The standard InChI is InChI=1S/C34H26N6O3.C25H28BNO5.C15H10ClN5.C5H6I2.C5H7I/c1-20-16-27-35-17-26-30(40(27)38-20)37-29(28(36-26)21-8-4-3-5-9-21)22-12-14-23(15-13-22)34(18-33(2,43)19-34)39-31(41)24-10-6-7-11-25(24)32(39)42;1-22(2)23(3,4)32-26(31-22)17-12-10-16(11-13-17)25(14-24(5,30)15-25)27-20(28)18-8-6-7-9-19(18)21(27)29;1-9-7-12-17-8-11-15(21(12)20-9)19-14(16)13(18-11)10-5-3-2-4-6-10;1-2-3-4-5(6)7;1-2-3-4-5-6/h3-17,43H,18-19H2,1-2H3;6-13,30H,14-15H2,1-5H3;2-8H,1H3;5H,4H2,1H3;4-5H2,1H3. The van der Waals surface area contributed by atoms with Gasteiger partial charge in [0.05, 0.1) is 92.8 Å². The number of aromatic nitrogens is 10. The van der Waals surface area contributed by atoms with Crippen molar-refractivity contribution in [2.75, 3.05) is 4.43 Å². The van der Waals surface area contributed by atoms with Crippen LogP contribution in [0.5, 0.6) is 0 Å². The number of alkyl halides is 3. The van der Waals surface area contributed by atoms with Crippen molar-refractivity contribution in [2.45, 2.75) is 143 Å². The molecule has 25 heteroatoms. The molecule has 0 spiro atoms. The highest BCUT2D eigenvalue weighted by molar-refractivity contribution is 14.2. The van der Waals surface area contributed by atoms with Gasteiger partial charge in [0.25, 0.3) is 23.6 Å². The quantitative estimate of drug-likeness (QED) is 0.0425. The van der Waals surface area contributed by atoms with Crippen molar-refractivity contribution < 1.29 is 38.7 Å². The molecule has 6 aromatic heterocycles. The predicted octanol–water partition coefficient (Wildman–Crippen LogP) is 16.1. The molecule has 4 amide bonds. The van der Waals surface area contributed by atoms with Gasteiger partial charge in [-0.3, -0.25) is 29.0 Å². The number of carbonyl (C=O) groups is 4. The van der Waals surface area contributed by atoms with Gasteiger partial charge in [-0.2, -0.15) is 19.2 Å². The SMILES string of the molecule is CC#CCC(I)I.CC#CCCI.CC1(O)CC(c2ccc(B3OC(C)(C)C(C)(C)O3)cc2)(N2C(=O)c3ccccc3C2=O)C1.Cc1cc2ncc3nc(-c4ccccc4)c(-c4ccc(C5(N6C(=O)c7ccccc7C6=O)CC(C)(O)C5)cc4)nc3n2n1.Cc1cc2ncc3nc(-c4ccccc4)c(Cl)nc3n2n1. The number of hydrogen-bond acceptors (Lipinski definition) is 16. The highest BCUT2D eigenvalue weighted by Crippen LogP contribution is 2.56. The molecule has 17 rings (SSSR count). The lowest BCUT2D eigenvalue weighted by atomic mass is 9.61. The van der Waals surface area contributed by atoms with Crippen molar-refractivity contribution >= 4 is 149 Å². The third kappa shape index (κ3) is 15.5. The molecule has 1 saturated heterocycles. The number of benzene rings is 6. The van der Waals surface area contributed by atoms with Crippen LogP contribution in [-0.2, 0) is 20.4 Å². The van der Waals surface area contributed by atoms with E-state index in [1.807, 2.05) is 177 Å². The number of fused-ring (bicyclic) bond motifs is 8. The minimum Gasteiger partial charge on any atom is -0.399 e. The Morgan fingerprint density at radius 3 is 1.28 bits per heavy atom. The van der Waals surface area contributed by atoms with Crippen molar-refractivity contribution in [3.05, 3.63) is 232 Å². The Balaban J connectivity index is 0.000000139. The number of carbonyl (C=O) groups excluding carboxylic acids is 4. The summed E-state index contributed by atoms with van der Waals surface area (Å²) in [5.41, 5.74) is 9.68. The minimum absolute atomic E-state index is 0.249. The zero-order chi connectivity index (χ0) is 77.5. The van der Waals surface area contributed by atoms with Crippen LogP contribution in [0.2, 0.25) is 5.15 Å². The molecule has 6 aromatic carbocycles. The molecule has 109 heavy (non-hydrogen) atoms. The van der Waals surface area contributed by atoms with E-state index in [4.69, 9.17) is 30.9 Å². The Kier molecular flexibility index (Phi) is 22.5. The molecule has 2 N–H and O–H groups in total. The van der Waals surface area contributed by atoms with Crippen LogP contribution >= 0.6 is 79.4 Å². The van der Waals surface area contributed by atoms with Crippen molar-refractivity contribution in [1.82, 2.24) is 58.9 Å². The fourth-order valence-electron chi connectivity index (χ4n) is 14.6. The molecular formula is C84H77BClI3N12O8. The number of imide groups is 2. The molecule has 5 aliphatic rings. The number of hydrogen-bond donors (Lipinski definition) is 2. The maximum atomic E-state index is 13.5. The lowest BCUT2D eigenvalue weighted by Gasteiger charge is -2.55. The van der Waals surface area contributed by atoms with Crippen molar-refractivity contribution in [3.63, 3.8) is 0 Å². The molecular weight excluding hydrogens is 1730 g/mol. The van der Waals surface area contributed by atoms with Crippen molar-refractivity contribution in [3.8, 4) is 57.5 Å². The zero-order valence-electron chi connectivity index (χ0n) is 61.6. The molecule has 0 atom stereocenters. The second kappa shape index (κ2) is 31.4. The lowest BCUT2D eigenvalue weighted by molar-refractivity contribution is -0.119. The molecule has 552 valence electrons. The summed E-state index contributed by atoms with van der Waals surface area (Å²) in [5, 5.41) is 30.8. The molecule has 12 aromatic rings. The summed E-state index contributed by atoms with van der Waals surface area (Å²) in [4.78, 5) is 84.2. The summed E-state index contributed by atoms with van der Waals surface area (Å²) in [6, 6.07) is 52.5. The first-order valence-electron chi connectivity index (χ1n) is 35.5. The minimum atomic E-state index is -1.00. The molecule has 0 radical (unpaired) electrons. The van der Waals surface area contributed by atoms with Crippen molar-refractivity contribution in [1.29, 1.82) is 0 Å². The van der Waals surface area contributed by atoms with E-state index in [1.165, 1.54) is 9.80 Å². The average molecular weight is 1810 g/mol. The maximum absolute atomic E-state index is 13.5. The van der Waals surface area contributed by atoms with Gasteiger partial charge in [0.2, 0.25) is 0 Å². The summed E-state index contributed by atoms with van der Waals surface area (Å²) in [7, 11) is -0.492. The van der Waals surface area contributed by atoms with E-state index < -0.39 is 40.6 Å². The monoisotopic (exact) mass is 1810 g/mol. The van der Waals surface area contributed by atoms with Crippen molar-refractivity contribution in [2.24, 2.45) is 0 Å². The van der Waals surface area contributed by atoms with E-state index in [1.54, 1.807) is 83.8 Å². The average Bonchev–Trinajstić information content (AvgIpc) is 1.50. The van der Waals surface area contributed by atoms with Crippen LogP contribution < -0.4 is 5.46 Å². The van der Waals surface area contributed by atoms with Gasteiger partial charge in [0, 0.05) is 71.8 Å². The van der Waals surface area contributed by atoms with Crippen LogP contribution in [0.4, 0.5) is 0 Å².